The second kappa shape index (κ2) is 10.2. The molecule has 7 heteroatoms. The molecule has 3 amide bonds. The number of hydrogen-bond donors (Lipinski definition) is 1. The van der Waals surface area contributed by atoms with Gasteiger partial charge in [0.25, 0.3) is 11.8 Å². The van der Waals surface area contributed by atoms with Crippen molar-refractivity contribution in [2.24, 2.45) is 0 Å². The van der Waals surface area contributed by atoms with Crippen molar-refractivity contribution in [1.82, 2.24) is 10.2 Å². The Kier molecular flexibility index (Phi) is 6.71. The highest BCUT2D eigenvalue weighted by molar-refractivity contribution is 6.11. The maximum Gasteiger partial charge on any atom is 0.256 e. The Hall–Kier alpha value is -4.13. The van der Waals surface area contributed by atoms with Crippen LogP contribution in [0.4, 0.5) is 5.69 Å². The summed E-state index contributed by atoms with van der Waals surface area (Å²) in [5.74, 6) is 0.470. The number of anilines is 1. The van der Waals surface area contributed by atoms with Crippen LogP contribution < -0.4 is 15.0 Å². The average molecular weight is 484 g/mol. The van der Waals surface area contributed by atoms with Gasteiger partial charge in [-0.3, -0.25) is 14.4 Å². The first kappa shape index (κ1) is 23.6. The van der Waals surface area contributed by atoms with Crippen LogP contribution in [0, 0.1) is 0 Å². The first-order valence-corrected chi connectivity index (χ1v) is 12.4. The molecule has 2 heterocycles. The van der Waals surface area contributed by atoms with Crippen LogP contribution >= 0.6 is 0 Å². The Balaban J connectivity index is 1.29. The van der Waals surface area contributed by atoms with E-state index in [0.29, 0.717) is 49.5 Å². The number of ether oxygens (including phenoxy) is 1. The Morgan fingerprint density at radius 2 is 1.81 bits per heavy atom. The lowest BCUT2D eigenvalue weighted by Crippen LogP contribution is -2.44. The number of nitrogens with one attached hydrogen (secondary N) is 1. The summed E-state index contributed by atoms with van der Waals surface area (Å²) in [7, 11) is 0. The minimum atomic E-state index is -0.420. The molecule has 0 spiro atoms. The molecular formula is C29H29N3O4. The highest BCUT2D eigenvalue weighted by Gasteiger charge is 2.41. The van der Waals surface area contributed by atoms with Crippen LogP contribution in [-0.2, 0) is 17.9 Å². The molecule has 3 aromatic rings. The van der Waals surface area contributed by atoms with E-state index in [4.69, 9.17) is 4.74 Å². The molecule has 184 valence electrons. The van der Waals surface area contributed by atoms with Crippen molar-refractivity contribution >= 4 is 23.4 Å². The SMILES string of the molecule is CCOc1cccc(CNC(=O)c2ccc(CN3C(=O)[C@H]4CCCN4C(=O)c4ccccc43)cc2)c1. The van der Waals surface area contributed by atoms with E-state index in [0.717, 1.165) is 23.3 Å². The van der Waals surface area contributed by atoms with Gasteiger partial charge in [-0.15, -0.1) is 0 Å². The van der Waals surface area contributed by atoms with Crippen LogP contribution in [0.3, 0.4) is 0 Å². The zero-order chi connectivity index (χ0) is 25.1. The van der Waals surface area contributed by atoms with Crippen LogP contribution in [-0.4, -0.2) is 41.8 Å². The predicted octanol–water partition coefficient (Wildman–Crippen LogP) is 4.17. The number of carbonyl (C=O) groups excluding carboxylic acids is 3. The van der Waals surface area contributed by atoms with Crippen LogP contribution in [0.25, 0.3) is 0 Å². The molecule has 3 aromatic carbocycles. The van der Waals surface area contributed by atoms with Gasteiger partial charge in [0.1, 0.15) is 11.8 Å². The van der Waals surface area contributed by atoms with E-state index in [1.54, 1.807) is 28.0 Å². The molecule has 2 aliphatic rings. The maximum atomic E-state index is 13.5. The van der Waals surface area contributed by atoms with Gasteiger partial charge in [0.2, 0.25) is 5.91 Å². The van der Waals surface area contributed by atoms with Crippen molar-refractivity contribution in [2.75, 3.05) is 18.1 Å². The second-order valence-electron chi connectivity index (χ2n) is 9.06. The Labute approximate surface area is 210 Å². The van der Waals surface area contributed by atoms with E-state index in [1.807, 2.05) is 61.5 Å². The second-order valence-corrected chi connectivity index (χ2v) is 9.06. The molecule has 1 saturated heterocycles. The third kappa shape index (κ3) is 4.69. The largest absolute Gasteiger partial charge is 0.494 e. The van der Waals surface area contributed by atoms with Crippen LogP contribution in [0.2, 0.25) is 0 Å². The lowest BCUT2D eigenvalue weighted by molar-refractivity contribution is -0.122. The van der Waals surface area contributed by atoms with Gasteiger partial charge in [-0.1, -0.05) is 36.4 Å². The summed E-state index contributed by atoms with van der Waals surface area (Å²) >= 11 is 0. The molecule has 36 heavy (non-hydrogen) atoms. The van der Waals surface area contributed by atoms with Gasteiger partial charge in [0.05, 0.1) is 24.4 Å². The fourth-order valence-corrected chi connectivity index (χ4v) is 4.91. The lowest BCUT2D eigenvalue weighted by atomic mass is 10.1. The zero-order valence-electron chi connectivity index (χ0n) is 20.3. The molecule has 0 saturated carbocycles. The van der Waals surface area contributed by atoms with Crippen molar-refractivity contribution in [3.8, 4) is 5.75 Å². The third-order valence-electron chi connectivity index (χ3n) is 6.71. The number of hydrogen-bond acceptors (Lipinski definition) is 4. The molecule has 0 unspecified atom stereocenters. The summed E-state index contributed by atoms with van der Waals surface area (Å²) in [5, 5.41) is 2.94. The summed E-state index contributed by atoms with van der Waals surface area (Å²) in [5.41, 5.74) is 3.58. The van der Waals surface area contributed by atoms with Crippen molar-refractivity contribution in [2.45, 2.75) is 38.9 Å². The van der Waals surface area contributed by atoms with E-state index in [1.165, 1.54) is 0 Å². The van der Waals surface area contributed by atoms with E-state index < -0.39 is 6.04 Å². The van der Waals surface area contributed by atoms with Crippen molar-refractivity contribution in [3.63, 3.8) is 0 Å². The van der Waals surface area contributed by atoms with Gasteiger partial charge in [0, 0.05) is 18.7 Å². The summed E-state index contributed by atoms with van der Waals surface area (Å²) in [6, 6.07) is 21.8. The fraction of sp³-hybridized carbons (Fsp3) is 0.276. The molecule has 1 N–H and O–H groups in total. The van der Waals surface area contributed by atoms with Gasteiger partial charge >= 0.3 is 0 Å². The monoisotopic (exact) mass is 483 g/mol. The molecule has 2 aliphatic heterocycles. The smallest absolute Gasteiger partial charge is 0.256 e. The van der Waals surface area contributed by atoms with Gasteiger partial charge in [0.15, 0.2) is 0 Å². The van der Waals surface area contributed by atoms with Crippen molar-refractivity contribution < 1.29 is 19.1 Å². The summed E-state index contributed by atoms with van der Waals surface area (Å²) in [4.78, 5) is 42.7. The molecule has 0 aliphatic carbocycles. The standard InChI is InChI=1S/C29H29N3O4/c1-2-36-23-8-5-7-21(17-23)18-30-27(33)22-14-12-20(13-15-22)19-32-25-10-4-3-9-24(25)28(34)31-16-6-11-26(31)29(32)35/h3-5,7-10,12-15,17,26H,2,6,11,16,18-19H2,1H3,(H,30,33)/t26-/m1/s1. The number of fused-ring (bicyclic) bond motifs is 2. The van der Waals surface area contributed by atoms with Gasteiger partial charge in [-0.25, -0.2) is 0 Å². The molecule has 5 rings (SSSR count). The Morgan fingerprint density at radius 3 is 2.61 bits per heavy atom. The van der Waals surface area contributed by atoms with E-state index in [9.17, 15) is 14.4 Å². The third-order valence-corrected chi connectivity index (χ3v) is 6.71. The predicted molar refractivity (Wildman–Crippen MR) is 137 cm³/mol. The molecule has 0 aromatic heterocycles. The van der Waals surface area contributed by atoms with Crippen LogP contribution in [0.15, 0.2) is 72.8 Å². The molecule has 0 radical (unpaired) electrons. The lowest BCUT2D eigenvalue weighted by Gasteiger charge is -2.26. The summed E-state index contributed by atoms with van der Waals surface area (Å²) < 4.78 is 5.52. The molecule has 1 fully saturated rings. The highest BCUT2D eigenvalue weighted by Crippen LogP contribution is 2.33. The Bertz CT molecular complexity index is 1290. The molecular weight excluding hydrogens is 454 g/mol. The number of rotatable bonds is 7. The van der Waals surface area contributed by atoms with Crippen molar-refractivity contribution in [1.29, 1.82) is 0 Å². The average Bonchev–Trinajstić information content (AvgIpc) is 3.38. The number of para-hydroxylation sites is 1. The van der Waals surface area contributed by atoms with E-state index in [-0.39, 0.29) is 17.7 Å². The normalized spacial score (nSPS) is 16.9. The fourth-order valence-electron chi connectivity index (χ4n) is 4.91. The van der Waals surface area contributed by atoms with Crippen molar-refractivity contribution in [3.05, 3.63) is 95.1 Å². The first-order valence-electron chi connectivity index (χ1n) is 12.4. The number of benzene rings is 3. The number of amides is 3. The molecule has 7 nitrogen and oxygen atoms in total. The quantitative estimate of drug-likeness (QED) is 0.547. The van der Waals surface area contributed by atoms with Crippen LogP contribution in [0.5, 0.6) is 5.75 Å². The zero-order valence-corrected chi connectivity index (χ0v) is 20.3. The van der Waals surface area contributed by atoms with E-state index >= 15 is 0 Å². The van der Waals surface area contributed by atoms with Gasteiger partial charge in [-0.2, -0.15) is 0 Å². The topological polar surface area (TPSA) is 79.0 Å². The maximum absolute atomic E-state index is 13.5. The minimum absolute atomic E-state index is 0.0538. The van der Waals surface area contributed by atoms with Gasteiger partial charge in [-0.05, 0) is 67.3 Å². The minimum Gasteiger partial charge on any atom is -0.494 e. The summed E-state index contributed by atoms with van der Waals surface area (Å²) in [6.07, 6.45) is 1.51. The highest BCUT2D eigenvalue weighted by atomic mass is 16.5. The molecule has 1 atom stereocenters. The first-order chi connectivity index (χ1) is 17.5. The number of nitrogens with zero attached hydrogens (tertiary/aromatic N) is 2. The van der Waals surface area contributed by atoms with E-state index in [2.05, 4.69) is 5.32 Å². The molecule has 0 bridgehead atoms. The Morgan fingerprint density at radius 1 is 1.00 bits per heavy atom. The number of carbonyl (C=O) groups is 3. The van der Waals surface area contributed by atoms with Gasteiger partial charge < -0.3 is 19.9 Å². The van der Waals surface area contributed by atoms with Crippen LogP contribution in [0.1, 0.15) is 51.6 Å². The summed E-state index contributed by atoms with van der Waals surface area (Å²) in [6.45, 7) is 3.86.